The van der Waals surface area contributed by atoms with Gasteiger partial charge in [0, 0.05) is 0 Å². The van der Waals surface area contributed by atoms with Crippen LogP contribution < -0.4 is 5.32 Å². The molecule has 0 aliphatic rings. The van der Waals surface area contributed by atoms with Gasteiger partial charge in [-0.05, 0) is 30.9 Å². The predicted molar refractivity (Wildman–Crippen MR) is 80.8 cm³/mol. The number of unbranched alkanes of at least 4 members (excludes halogenated alkanes) is 1. The fraction of sp³-hybridized carbons (Fsp3) is 0.471. The lowest BCUT2D eigenvalue weighted by Crippen LogP contribution is -2.24. The molecule has 0 heterocycles. The van der Waals surface area contributed by atoms with E-state index in [4.69, 9.17) is 0 Å². The first-order chi connectivity index (χ1) is 9.13. The summed E-state index contributed by atoms with van der Waals surface area (Å²) in [6.07, 6.45) is 7.24. The van der Waals surface area contributed by atoms with Crippen molar-refractivity contribution in [3.8, 4) is 0 Å². The van der Waals surface area contributed by atoms with E-state index in [-0.39, 0.29) is 11.9 Å². The molecule has 0 saturated carbocycles. The van der Waals surface area contributed by atoms with Gasteiger partial charge in [-0.2, -0.15) is 0 Å². The molecule has 0 saturated heterocycles. The van der Waals surface area contributed by atoms with E-state index in [1.54, 1.807) is 6.08 Å². The molecule has 1 aromatic rings. The fourth-order valence-corrected chi connectivity index (χ4v) is 1.96. The maximum absolute atomic E-state index is 11.8. The molecule has 0 bridgehead atoms. The molecule has 0 aliphatic heterocycles. The first-order valence-corrected chi connectivity index (χ1v) is 7.17. The van der Waals surface area contributed by atoms with Crippen molar-refractivity contribution in [2.75, 3.05) is 0 Å². The Bertz CT molecular complexity index is 397. The second kappa shape index (κ2) is 8.52. The highest BCUT2D eigenvalue weighted by Gasteiger charge is 2.06. The van der Waals surface area contributed by atoms with Gasteiger partial charge in [-0.1, -0.05) is 63.1 Å². The average Bonchev–Trinajstić information content (AvgIpc) is 2.43. The quantitative estimate of drug-likeness (QED) is 0.729. The van der Waals surface area contributed by atoms with Crippen molar-refractivity contribution in [3.05, 3.63) is 48.0 Å². The summed E-state index contributed by atoms with van der Waals surface area (Å²) in [6.45, 7) is 6.34. The summed E-state index contributed by atoms with van der Waals surface area (Å²) >= 11 is 0. The van der Waals surface area contributed by atoms with Gasteiger partial charge >= 0.3 is 0 Å². The number of nitrogens with one attached hydrogen (secondary N) is 1. The molecule has 2 heteroatoms. The van der Waals surface area contributed by atoms with E-state index in [9.17, 15) is 4.79 Å². The minimum absolute atomic E-state index is 0.0142. The minimum atomic E-state index is -0.0142. The number of carbonyl (C=O) groups excluding carboxylic acids is 1. The van der Waals surface area contributed by atoms with Gasteiger partial charge in [0.1, 0.15) is 0 Å². The van der Waals surface area contributed by atoms with Gasteiger partial charge in [-0.25, -0.2) is 0 Å². The zero-order chi connectivity index (χ0) is 14.1. The Labute approximate surface area is 116 Å². The molecular formula is C17H25NO. The van der Waals surface area contributed by atoms with Crippen molar-refractivity contribution in [1.82, 2.24) is 5.32 Å². The summed E-state index contributed by atoms with van der Waals surface area (Å²) in [7, 11) is 0. The molecule has 0 fully saturated rings. The summed E-state index contributed by atoms with van der Waals surface area (Å²) in [5, 5.41) is 2.98. The van der Waals surface area contributed by atoms with E-state index in [0.29, 0.717) is 5.92 Å². The third-order valence-electron chi connectivity index (χ3n) is 3.25. The van der Waals surface area contributed by atoms with E-state index in [2.05, 4.69) is 19.2 Å². The van der Waals surface area contributed by atoms with Crippen LogP contribution in [-0.2, 0) is 4.79 Å². The highest BCUT2D eigenvalue weighted by molar-refractivity contribution is 5.87. The molecule has 104 valence electrons. The van der Waals surface area contributed by atoms with Crippen LogP contribution in [0.25, 0.3) is 0 Å². The van der Waals surface area contributed by atoms with E-state index in [0.717, 1.165) is 12.0 Å². The van der Waals surface area contributed by atoms with Crippen molar-refractivity contribution in [2.24, 2.45) is 5.92 Å². The summed E-state index contributed by atoms with van der Waals surface area (Å²) in [5.74, 6) is 0.456. The third-order valence-corrected chi connectivity index (χ3v) is 3.25. The summed E-state index contributed by atoms with van der Waals surface area (Å²) in [4.78, 5) is 11.8. The zero-order valence-corrected chi connectivity index (χ0v) is 12.2. The van der Waals surface area contributed by atoms with E-state index >= 15 is 0 Å². The van der Waals surface area contributed by atoms with Crippen LogP contribution in [0.5, 0.6) is 0 Å². The number of carbonyl (C=O) groups is 1. The fourth-order valence-electron chi connectivity index (χ4n) is 1.96. The first-order valence-electron chi connectivity index (χ1n) is 7.17. The standard InChI is InChI=1S/C17H25NO/c1-4-5-9-14(2)12-13-17(19)18-15(3)16-10-7-6-8-11-16/h6-8,10-15H,4-5,9H2,1-3H3,(H,18,19)/b13-12+/t14-,15-/m0/s1. The van der Waals surface area contributed by atoms with Crippen molar-refractivity contribution >= 4 is 5.91 Å². The number of rotatable bonds is 7. The van der Waals surface area contributed by atoms with Gasteiger partial charge in [0.05, 0.1) is 6.04 Å². The zero-order valence-electron chi connectivity index (χ0n) is 12.2. The highest BCUT2D eigenvalue weighted by atomic mass is 16.1. The lowest BCUT2D eigenvalue weighted by Gasteiger charge is -2.12. The molecule has 0 aromatic heterocycles. The Morgan fingerprint density at radius 3 is 2.58 bits per heavy atom. The molecule has 2 nitrogen and oxygen atoms in total. The highest BCUT2D eigenvalue weighted by Crippen LogP contribution is 2.12. The second-order valence-corrected chi connectivity index (χ2v) is 5.12. The van der Waals surface area contributed by atoms with Gasteiger partial charge < -0.3 is 5.32 Å². The number of amides is 1. The monoisotopic (exact) mass is 259 g/mol. The molecule has 1 amide bonds. The number of benzene rings is 1. The normalized spacial score (nSPS) is 14.3. The Kier molecular flexibility index (Phi) is 6.94. The van der Waals surface area contributed by atoms with Crippen molar-refractivity contribution in [3.63, 3.8) is 0 Å². The summed E-state index contributed by atoms with van der Waals surface area (Å²) in [5.41, 5.74) is 1.13. The van der Waals surface area contributed by atoms with Gasteiger partial charge in [0.15, 0.2) is 0 Å². The third kappa shape index (κ3) is 6.23. The molecule has 1 aromatic carbocycles. The molecule has 0 aliphatic carbocycles. The predicted octanol–water partition coefficient (Wildman–Crippen LogP) is 4.25. The van der Waals surface area contributed by atoms with E-state index in [1.165, 1.54) is 12.8 Å². The van der Waals surface area contributed by atoms with Gasteiger partial charge in [-0.15, -0.1) is 0 Å². The number of hydrogen-bond acceptors (Lipinski definition) is 1. The number of allylic oxidation sites excluding steroid dienone is 1. The van der Waals surface area contributed by atoms with Crippen molar-refractivity contribution < 1.29 is 4.79 Å². The second-order valence-electron chi connectivity index (χ2n) is 5.12. The number of hydrogen-bond donors (Lipinski definition) is 1. The molecule has 0 unspecified atom stereocenters. The van der Waals surface area contributed by atoms with Gasteiger partial charge in [0.25, 0.3) is 0 Å². The molecule has 0 radical (unpaired) electrons. The SMILES string of the molecule is CCCC[C@H](C)/C=C/C(=O)N[C@@H](C)c1ccccc1. The lowest BCUT2D eigenvalue weighted by molar-refractivity contribution is -0.117. The van der Waals surface area contributed by atoms with Gasteiger partial charge in [0.2, 0.25) is 5.91 Å². The van der Waals surface area contributed by atoms with Crippen molar-refractivity contribution in [2.45, 2.75) is 46.1 Å². The topological polar surface area (TPSA) is 29.1 Å². The Morgan fingerprint density at radius 1 is 1.26 bits per heavy atom. The Hall–Kier alpha value is -1.57. The van der Waals surface area contributed by atoms with Gasteiger partial charge in [-0.3, -0.25) is 4.79 Å². The molecule has 1 N–H and O–H groups in total. The smallest absolute Gasteiger partial charge is 0.244 e. The summed E-state index contributed by atoms with van der Waals surface area (Å²) in [6, 6.07) is 10.1. The van der Waals surface area contributed by atoms with Crippen LogP contribution in [0.4, 0.5) is 0 Å². The lowest BCUT2D eigenvalue weighted by atomic mass is 10.0. The van der Waals surface area contributed by atoms with E-state index in [1.807, 2.05) is 43.3 Å². The molecule has 2 atom stereocenters. The molecular weight excluding hydrogens is 234 g/mol. The average molecular weight is 259 g/mol. The summed E-state index contributed by atoms with van der Waals surface area (Å²) < 4.78 is 0. The molecule has 19 heavy (non-hydrogen) atoms. The minimum Gasteiger partial charge on any atom is -0.346 e. The van der Waals surface area contributed by atoms with Crippen LogP contribution >= 0.6 is 0 Å². The Morgan fingerprint density at radius 2 is 1.95 bits per heavy atom. The van der Waals surface area contributed by atoms with Crippen LogP contribution in [0.1, 0.15) is 51.6 Å². The van der Waals surface area contributed by atoms with Crippen LogP contribution in [0.3, 0.4) is 0 Å². The maximum Gasteiger partial charge on any atom is 0.244 e. The molecule has 0 spiro atoms. The van der Waals surface area contributed by atoms with Crippen LogP contribution in [-0.4, -0.2) is 5.91 Å². The Balaban J connectivity index is 2.40. The van der Waals surface area contributed by atoms with Crippen molar-refractivity contribution in [1.29, 1.82) is 0 Å². The largest absolute Gasteiger partial charge is 0.346 e. The first kappa shape index (κ1) is 15.5. The van der Waals surface area contributed by atoms with E-state index < -0.39 is 0 Å². The van der Waals surface area contributed by atoms with Crippen LogP contribution in [0, 0.1) is 5.92 Å². The molecule has 1 rings (SSSR count). The van der Waals surface area contributed by atoms with Crippen LogP contribution in [0.15, 0.2) is 42.5 Å². The maximum atomic E-state index is 11.8. The van der Waals surface area contributed by atoms with Crippen LogP contribution in [0.2, 0.25) is 0 Å².